The van der Waals surface area contributed by atoms with Crippen molar-refractivity contribution in [3.63, 3.8) is 0 Å². The number of carbonyl (C=O) groups excluding carboxylic acids is 3. The minimum Gasteiger partial charge on any atom is -0.415 e. The number of rotatable bonds is 14. The Hall–Kier alpha value is -3.54. The number of amides is 3. The summed E-state index contributed by atoms with van der Waals surface area (Å²) in [4.78, 5) is 54.4. The average molecular weight is 768 g/mol. The fourth-order valence-corrected chi connectivity index (χ4v) is 9.79. The van der Waals surface area contributed by atoms with E-state index in [9.17, 15) is 14.4 Å². The Balaban J connectivity index is 1.46. The molecule has 3 amide bonds. The monoisotopic (exact) mass is 767 g/mol. The number of carbonyl (C=O) groups is 3. The first-order chi connectivity index (χ1) is 24.9. The maximum absolute atomic E-state index is 15.1. The van der Waals surface area contributed by atoms with Gasteiger partial charge in [-0.1, -0.05) is 47.0 Å². The number of hydrogen-bond acceptors (Lipinski definition) is 10. The van der Waals surface area contributed by atoms with Gasteiger partial charge >= 0.3 is 7.60 Å². The molecule has 52 heavy (non-hydrogen) atoms. The van der Waals surface area contributed by atoms with E-state index < -0.39 is 42.7 Å². The van der Waals surface area contributed by atoms with Crippen molar-refractivity contribution in [1.29, 1.82) is 0 Å². The quantitative estimate of drug-likeness (QED) is 0.123. The van der Waals surface area contributed by atoms with Crippen molar-refractivity contribution < 1.29 is 28.0 Å². The van der Waals surface area contributed by atoms with E-state index in [1.54, 1.807) is 52.7 Å². The molecular formula is C38H50N5O6PS2. The molecule has 1 saturated heterocycles. The molecule has 1 aromatic heterocycles. The third kappa shape index (κ3) is 9.51. The van der Waals surface area contributed by atoms with Gasteiger partial charge in [-0.25, -0.2) is 9.55 Å². The third-order valence-corrected chi connectivity index (χ3v) is 13.2. The second-order valence-electron chi connectivity index (χ2n) is 14.4. The zero-order chi connectivity index (χ0) is 37.5. The van der Waals surface area contributed by atoms with Crippen LogP contribution in [0.4, 0.5) is 0 Å². The highest BCUT2D eigenvalue weighted by molar-refractivity contribution is 7.98. The Morgan fingerprint density at radius 1 is 0.923 bits per heavy atom. The molecule has 0 radical (unpaired) electrons. The van der Waals surface area contributed by atoms with Gasteiger partial charge in [-0.05, 0) is 98.1 Å². The van der Waals surface area contributed by atoms with Crippen molar-refractivity contribution in [2.24, 2.45) is 11.3 Å². The van der Waals surface area contributed by atoms with Crippen LogP contribution in [0.1, 0.15) is 83.1 Å². The van der Waals surface area contributed by atoms with E-state index in [2.05, 4.69) is 20.6 Å². The van der Waals surface area contributed by atoms with Crippen LogP contribution in [-0.2, 0) is 14.2 Å². The van der Waals surface area contributed by atoms with Crippen LogP contribution < -0.4 is 19.7 Å². The van der Waals surface area contributed by atoms with Gasteiger partial charge in [-0.3, -0.25) is 19.4 Å². The van der Waals surface area contributed by atoms with Gasteiger partial charge in [0, 0.05) is 28.2 Å². The van der Waals surface area contributed by atoms with Gasteiger partial charge in [0.2, 0.25) is 11.8 Å². The van der Waals surface area contributed by atoms with Crippen molar-refractivity contribution in [1.82, 2.24) is 25.5 Å². The molecule has 2 fully saturated rings. The minimum atomic E-state index is -4.12. The van der Waals surface area contributed by atoms with Crippen LogP contribution in [-0.4, -0.2) is 69.0 Å². The Kier molecular flexibility index (Phi) is 13.4. The van der Waals surface area contributed by atoms with Gasteiger partial charge in [0.1, 0.15) is 29.3 Å². The molecule has 280 valence electrons. The molecule has 2 N–H and O–H groups in total. The van der Waals surface area contributed by atoms with E-state index in [1.165, 1.54) is 18.6 Å². The highest BCUT2D eigenvalue weighted by atomic mass is 32.2. The van der Waals surface area contributed by atoms with E-state index in [0.717, 1.165) is 35.5 Å². The van der Waals surface area contributed by atoms with E-state index in [0.29, 0.717) is 30.8 Å². The lowest BCUT2D eigenvalue weighted by atomic mass is 9.83. The SMILES string of the molecule is CCC[C@H](NC(=O)[C@@H]1C[C@@H]2CCCC[C@@H]2N1C(=O)[C@@H](NC(=O)c1cnccn1)C(C)(C)C)P(=O)(Oc1ccc(SC)cc1)Oc1ccc(SC)cc1. The van der Waals surface area contributed by atoms with Crippen molar-refractivity contribution >= 4 is 48.8 Å². The van der Waals surface area contributed by atoms with Gasteiger partial charge in [0.15, 0.2) is 5.78 Å². The number of fused-ring (bicyclic) bond motifs is 1. The predicted octanol–water partition coefficient (Wildman–Crippen LogP) is 7.82. The van der Waals surface area contributed by atoms with Gasteiger partial charge in [-0.2, -0.15) is 0 Å². The van der Waals surface area contributed by atoms with Crippen LogP contribution in [0.2, 0.25) is 0 Å². The van der Waals surface area contributed by atoms with Crippen LogP contribution in [0.3, 0.4) is 0 Å². The van der Waals surface area contributed by atoms with Gasteiger partial charge < -0.3 is 24.6 Å². The number of aromatic nitrogens is 2. The van der Waals surface area contributed by atoms with Crippen molar-refractivity contribution in [3.05, 3.63) is 72.8 Å². The first-order valence-electron chi connectivity index (χ1n) is 17.8. The first-order valence-corrected chi connectivity index (χ1v) is 21.9. The Morgan fingerprint density at radius 3 is 2.04 bits per heavy atom. The second-order valence-corrected chi connectivity index (χ2v) is 18.2. The Labute approximate surface area is 315 Å². The molecule has 14 heteroatoms. The van der Waals surface area contributed by atoms with E-state index >= 15 is 4.57 Å². The summed E-state index contributed by atoms with van der Waals surface area (Å²) in [7, 11) is -4.12. The fraction of sp³-hybridized carbons (Fsp3) is 0.500. The predicted molar refractivity (Wildman–Crippen MR) is 206 cm³/mol. The Bertz CT molecular complexity index is 1670. The molecule has 1 aliphatic carbocycles. The molecule has 2 aliphatic rings. The smallest absolute Gasteiger partial charge is 0.415 e. The topological polar surface area (TPSA) is 140 Å². The minimum absolute atomic E-state index is 0.0974. The molecule has 11 nitrogen and oxygen atoms in total. The summed E-state index contributed by atoms with van der Waals surface area (Å²) >= 11 is 3.16. The molecule has 0 unspecified atom stereocenters. The molecule has 1 aliphatic heterocycles. The number of nitrogens with one attached hydrogen (secondary N) is 2. The molecule has 1 saturated carbocycles. The second kappa shape index (κ2) is 17.5. The van der Waals surface area contributed by atoms with Crippen LogP contribution >= 0.6 is 31.1 Å². The molecule has 3 aromatic rings. The lowest BCUT2D eigenvalue weighted by molar-refractivity contribution is -0.144. The summed E-state index contributed by atoms with van der Waals surface area (Å²) in [6.45, 7) is 7.60. The molecule has 5 rings (SSSR count). The summed E-state index contributed by atoms with van der Waals surface area (Å²) in [5.41, 5.74) is -0.595. The van der Waals surface area contributed by atoms with Gasteiger partial charge in [0.05, 0.1) is 6.20 Å². The van der Waals surface area contributed by atoms with Gasteiger partial charge in [-0.15, -0.1) is 23.5 Å². The summed E-state index contributed by atoms with van der Waals surface area (Å²) in [5.74, 6) is -1.45. The van der Waals surface area contributed by atoms with Crippen LogP contribution in [0, 0.1) is 11.3 Å². The third-order valence-electron chi connectivity index (χ3n) is 9.67. The average Bonchev–Trinajstić information content (AvgIpc) is 3.54. The zero-order valence-corrected chi connectivity index (χ0v) is 33.3. The molecule has 0 spiro atoms. The largest absolute Gasteiger partial charge is 0.452 e. The first kappa shape index (κ1) is 39.7. The van der Waals surface area contributed by atoms with E-state index in [-0.39, 0.29) is 23.6 Å². The van der Waals surface area contributed by atoms with Crippen LogP contribution in [0.25, 0.3) is 0 Å². The summed E-state index contributed by atoms with van der Waals surface area (Å²) in [5, 5.41) is 5.97. The van der Waals surface area contributed by atoms with Crippen molar-refractivity contribution in [3.8, 4) is 11.5 Å². The van der Waals surface area contributed by atoms with E-state index in [1.807, 2.05) is 64.5 Å². The number of benzene rings is 2. The normalized spacial score (nSPS) is 20.0. The molecule has 2 aromatic carbocycles. The number of hydrogen-bond donors (Lipinski definition) is 2. The van der Waals surface area contributed by atoms with Crippen molar-refractivity contribution in [2.75, 3.05) is 12.5 Å². The summed E-state index contributed by atoms with van der Waals surface area (Å²) in [6.07, 6.45) is 13.2. The number of thioether (sulfide) groups is 2. The summed E-state index contributed by atoms with van der Waals surface area (Å²) in [6, 6.07) is 12.5. The molecule has 0 bridgehead atoms. The molecular weight excluding hydrogens is 718 g/mol. The number of nitrogens with zero attached hydrogens (tertiary/aromatic N) is 3. The van der Waals surface area contributed by atoms with Crippen LogP contribution in [0.15, 0.2) is 76.9 Å². The molecule has 5 atom stereocenters. The lowest BCUT2D eigenvalue weighted by Crippen LogP contribution is -2.60. The summed E-state index contributed by atoms with van der Waals surface area (Å²) < 4.78 is 27.5. The van der Waals surface area contributed by atoms with Crippen LogP contribution in [0.5, 0.6) is 11.5 Å². The number of likely N-dealkylation sites (tertiary alicyclic amines) is 1. The Morgan fingerprint density at radius 2 is 1.52 bits per heavy atom. The standard InChI is InChI=1S/C38H50N5O6PS2/c1-7-10-33(50(47,48-26-13-17-28(51-5)18-14-26)49-27-15-19-29(52-6)20-16-27)41-36(45)32-23-25-11-8-9-12-31(25)43(32)37(46)34(38(2,3)4)42-35(44)30-24-39-21-22-40-30/h13-22,24-25,31-34H,7-12,23H2,1-6H3,(H,41,45)(H,42,44)/t25-,31-,32-,33+,34+/m0/s1. The van der Waals surface area contributed by atoms with E-state index in [4.69, 9.17) is 9.05 Å². The molecule has 2 heterocycles. The maximum atomic E-state index is 15.1. The van der Waals surface area contributed by atoms with Crippen molar-refractivity contribution in [2.45, 2.75) is 106 Å². The maximum Gasteiger partial charge on any atom is 0.452 e. The highest BCUT2D eigenvalue weighted by Gasteiger charge is 2.52. The lowest BCUT2D eigenvalue weighted by Gasteiger charge is -2.39. The zero-order valence-electron chi connectivity index (χ0n) is 30.7. The van der Waals surface area contributed by atoms with Gasteiger partial charge in [0.25, 0.3) is 5.91 Å². The highest BCUT2D eigenvalue weighted by Crippen LogP contribution is 2.54. The fourth-order valence-electron chi connectivity index (χ4n) is 6.99.